The van der Waals surface area contributed by atoms with E-state index in [0.29, 0.717) is 5.92 Å². The topological polar surface area (TPSA) is 12.0 Å². The van der Waals surface area contributed by atoms with E-state index >= 15 is 0 Å². The molecule has 0 amide bonds. The summed E-state index contributed by atoms with van der Waals surface area (Å²) in [4.78, 5) is 1.39. The molecule has 0 aliphatic rings. The third-order valence-corrected chi connectivity index (χ3v) is 5.35. The monoisotopic (exact) mass is 341 g/mol. The van der Waals surface area contributed by atoms with Gasteiger partial charge in [0.2, 0.25) is 0 Å². The fourth-order valence-corrected chi connectivity index (χ4v) is 4.00. The first-order valence-electron chi connectivity index (χ1n) is 9.19. The fourth-order valence-electron chi connectivity index (χ4n) is 2.84. The molecule has 0 radical (unpaired) electrons. The molecule has 2 aromatic carbocycles. The first-order valence-corrected chi connectivity index (χ1v) is 10.2. The van der Waals surface area contributed by atoms with Gasteiger partial charge in [-0.3, -0.25) is 0 Å². The number of benzene rings is 2. The van der Waals surface area contributed by atoms with Crippen LogP contribution in [0.25, 0.3) is 0 Å². The number of nitrogens with one attached hydrogen (secondary N) is 1. The summed E-state index contributed by atoms with van der Waals surface area (Å²) in [6, 6.07) is 20.1. The largest absolute Gasteiger partial charge is 0.317 e. The van der Waals surface area contributed by atoms with E-state index < -0.39 is 0 Å². The maximum Gasteiger partial charge on any atom is 0.0101 e. The zero-order valence-electron chi connectivity index (χ0n) is 15.3. The van der Waals surface area contributed by atoms with Gasteiger partial charge in [0.15, 0.2) is 0 Å². The van der Waals surface area contributed by atoms with Crippen LogP contribution in [0.2, 0.25) is 0 Å². The quantitative estimate of drug-likeness (QED) is 0.423. The van der Waals surface area contributed by atoms with Crippen LogP contribution in [0.5, 0.6) is 0 Å². The standard InChI is InChI=1S/C22H31NS/c1-4-23-16-14-22(19-8-6-5-7-9-19)20-10-12-21(13-11-20)24-17-15-18(2)3/h5-13,18,22-23H,4,14-17H2,1-3H3. The van der Waals surface area contributed by atoms with Crippen molar-refractivity contribution in [3.8, 4) is 0 Å². The second-order valence-corrected chi connectivity index (χ2v) is 7.87. The smallest absolute Gasteiger partial charge is 0.0101 e. The van der Waals surface area contributed by atoms with Gasteiger partial charge >= 0.3 is 0 Å². The number of thioether (sulfide) groups is 1. The maximum atomic E-state index is 3.46. The summed E-state index contributed by atoms with van der Waals surface area (Å²) >= 11 is 1.97. The lowest BCUT2D eigenvalue weighted by atomic mass is 9.88. The summed E-state index contributed by atoms with van der Waals surface area (Å²) in [5, 5.41) is 3.46. The average Bonchev–Trinajstić information content (AvgIpc) is 2.60. The summed E-state index contributed by atoms with van der Waals surface area (Å²) in [6.07, 6.45) is 2.42. The molecule has 0 aliphatic carbocycles. The molecule has 24 heavy (non-hydrogen) atoms. The van der Waals surface area contributed by atoms with Crippen LogP contribution in [-0.2, 0) is 0 Å². The van der Waals surface area contributed by atoms with E-state index in [0.717, 1.165) is 25.4 Å². The highest BCUT2D eigenvalue weighted by molar-refractivity contribution is 7.99. The molecule has 0 aromatic heterocycles. The Morgan fingerprint density at radius 3 is 2.17 bits per heavy atom. The van der Waals surface area contributed by atoms with Crippen LogP contribution >= 0.6 is 11.8 Å². The highest BCUT2D eigenvalue weighted by Crippen LogP contribution is 2.30. The van der Waals surface area contributed by atoms with Gasteiger partial charge in [-0.15, -0.1) is 11.8 Å². The highest BCUT2D eigenvalue weighted by Gasteiger charge is 2.13. The van der Waals surface area contributed by atoms with Crippen molar-refractivity contribution >= 4 is 11.8 Å². The minimum Gasteiger partial charge on any atom is -0.317 e. The van der Waals surface area contributed by atoms with Crippen molar-refractivity contribution in [2.45, 2.75) is 44.4 Å². The maximum absolute atomic E-state index is 3.46. The van der Waals surface area contributed by atoms with Gasteiger partial charge in [0.25, 0.3) is 0 Å². The molecule has 0 bridgehead atoms. The van der Waals surface area contributed by atoms with Crippen LogP contribution < -0.4 is 5.32 Å². The predicted molar refractivity (Wildman–Crippen MR) is 108 cm³/mol. The van der Waals surface area contributed by atoms with Crippen molar-refractivity contribution in [3.63, 3.8) is 0 Å². The molecular formula is C22H31NS. The summed E-state index contributed by atoms with van der Waals surface area (Å²) in [5.41, 5.74) is 2.84. The van der Waals surface area contributed by atoms with Crippen LogP contribution in [0, 0.1) is 5.92 Å². The van der Waals surface area contributed by atoms with Gasteiger partial charge in [-0.25, -0.2) is 0 Å². The average molecular weight is 342 g/mol. The van der Waals surface area contributed by atoms with Crippen LogP contribution in [0.4, 0.5) is 0 Å². The Labute approximate surface area is 152 Å². The molecule has 1 unspecified atom stereocenters. The fraction of sp³-hybridized carbons (Fsp3) is 0.455. The minimum absolute atomic E-state index is 0.472. The second kappa shape index (κ2) is 10.6. The molecule has 130 valence electrons. The van der Waals surface area contributed by atoms with Gasteiger partial charge in [0.05, 0.1) is 0 Å². The molecule has 1 atom stereocenters. The summed E-state index contributed by atoms with van der Waals surface area (Å²) in [7, 11) is 0. The SMILES string of the molecule is CCNCCC(c1ccccc1)c1ccc(SCCC(C)C)cc1. The Morgan fingerprint density at radius 2 is 1.54 bits per heavy atom. The second-order valence-electron chi connectivity index (χ2n) is 6.71. The number of rotatable bonds is 10. The third-order valence-electron chi connectivity index (χ3n) is 4.31. The van der Waals surface area contributed by atoms with Crippen molar-refractivity contribution in [2.75, 3.05) is 18.8 Å². The van der Waals surface area contributed by atoms with E-state index in [9.17, 15) is 0 Å². The molecule has 0 spiro atoms. The molecule has 2 heteroatoms. The van der Waals surface area contributed by atoms with Crippen LogP contribution in [-0.4, -0.2) is 18.8 Å². The molecule has 2 aromatic rings. The first kappa shape index (κ1) is 19.1. The van der Waals surface area contributed by atoms with Gasteiger partial charge in [0.1, 0.15) is 0 Å². The number of hydrogen-bond acceptors (Lipinski definition) is 2. The zero-order chi connectivity index (χ0) is 17.2. The lowest BCUT2D eigenvalue weighted by Crippen LogP contribution is -2.17. The molecule has 1 N–H and O–H groups in total. The Hall–Kier alpha value is -1.25. The van der Waals surface area contributed by atoms with Gasteiger partial charge in [0, 0.05) is 10.8 Å². The van der Waals surface area contributed by atoms with E-state index in [1.807, 2.05) is 11.8 Å². The van der Waals surface area contributed by atoms with E-state index in [1.165, 1.54) is 28.2 Å². The van der Waals surface area contributed by atoms with Gasteiger partial charge in [-0.1, -0.05) is 63.2 Å². The van der Waals surface area contributed by atoms with Crippen LogP contribution in [0.1, 0.15) is 50.7 Å². The van der Waals surface area contributed by atoms with Crippen molar-refractivity contribution in [1.82, 2.24) is 5.32 Å². The first-order chi connectivity index (χ1) is 11.7. The normalized spacial score (nSPS) is 12.5. The molecule has 0 saturated carbocycles. The predicted octanol–water partition coefficient (Wildman–Crippen LogP) is 5.96. The van der Waals surface area contributed by atoms with E-state index in [4.69, 9.17) is 0 Å². The van der Waals surface area contributed by atoms with Crippen molar-refractivity contribution < 1.29 is 0 Å². The molecule has 1 nitrogen and oxygen atoms in total. The zero-order valence-corrected chi connectivity index (χ0v) is 16.1. The van der Waals surface area contributed by atoms with Crippen LogP contribution in [0.15, 0.2) is 59.5 Å². The Morgan fingerprint density at radius 1 is 0.875 bits per heavy atom. The summed E-state index contributed by atoms with van der Waals surface area (Å²) in [6.45, 7) is 8.84. The van der Waals surface area contributed by atoms with E-state index in [2.05, 4.69) is 80.7 Å². The van der Waals surface area contributed by atoms with Gasteiger partial charge in [-0.2, -0.15) is 0 Å². The van der Waals surface area contributed by atoms with Crippen molar-refractivity contribution in [1.29, 1.82) is 0 Å². The summed E-state index contributed by atoms with van der Waals surface area (Å²) in [5.74, 6) is 2.46. The van der Waals surface area contributed by atoms with Crippen molar-refractivity contribution in [3.05, 3.63) is 65.7 Å². The summed E-state index contributed by atoms with van der Waals surface area (Å²) < 4.78 is 0. The molecule has 0 fully saturated rings. The van der Waals surface area contributed by atoms with E-state index in [-0.39, 0.29) is 0 Å². The molecule has 0 saturated heterocycles. The molecule has 0 heterocycles. The van der Waals surface area contributed by atoms with Gasteiger partial charge in [-0.05, 0) is 60.9 Å². The molecule has 0 aliphatic heterocycles. The molecular weight excluding hydrogens is 310 g/mol. The number of hydrogen-bond donors (Lipinski definition) is 1. The minimum atomic E-state index is 0.472. The Kier molecular flexibility index (Phi) is 8.41. The van der Waals surface area contributed by atoms with Crippen molar-refractivity contribution in [2.24, 2.45) is 5.92 Å². The Balaban J connectivity index is 2.05. The lowest BCUT2D eigenvalue weighted by Gasteiger charge is -2.19. The molecule has 2 rings (SSSR count). The van der Waals surface area contributed by atoms with Crippen LogP contribution in [0.3, 0.4) is 0 Å². The third kappa shape index (κ3) is 6.33. The Bertz CT molecular complexity index is 562. The highest BCUT2D eigenvalue weighted by atomic mass is 32.2. The van der Waals surface area contributed by atoms with Gasteiger partial charge < -0.3 is 5.32 Å². The van der Waals surface area contributed by atoms with E-state index in [1.54, 1.807) is 0 Å². The lowest BCUT2D eigenvalue weighted by molar-refractivity contribution is 0.628.